The molecular formula is C24H28N2O4S. The molecule has 0 amide bonds. The Labute approximate surface area is 186 Å². The molecule has 1 saturated heterocycles. The Kier molecular flexibility index (Phi) is 6.63. The predicted molar refractivity (Wildman–Crippen MR) is 123 cm³/mol. The van der Waals surface area contributed by atoms with Crippen molar-refractivity contribution < 1.29 is 18.9 Å². The molecule has 1 fully saturated rings. The van der Waals surface area contributed by atoms with E-state index in [0.717, 1.165) is 47.7 Å². The number of rotatable bonds is 7. The lowest BCUT2D eigenvalue weighted by Gasteiger charge is -2.17. The highest BCUT2D eigenvalue weighted by atomic mass is 32.1. The van der Waals surface area contributed by atoms with Crippen LogP contribution >= 0.6 is 11.3 Å². The van der Waals surface area contributed by atoms with E-state index >= 15 is 0 Å². The fourth-order valence-electron chi connectivity index (χ4n) is 3.78. The standard InChI is InChI=1S/C24H28N2O4S/c1-16-7-9-18(10-8-16)25-24-26(14-19-6-5-11-30-19)20(15-31-24)17-12-21(27-2)23(29-4)22(13-17)28-3/h7-10,12-13,15,19H,5-6,11,14H2,1-4H3. The van der Waals surface area contributed by atoms with E-state index in [2.05, 4.69) is 29.0 Å². The molecule has 0 N–H and O–H groups in total. The van der Waals surface area contributed by atoms with Gasteiger partial charge in [0.15, 0.2) is 16.3 Å². The van der Waals surface area contributed by atoms with E-state index in [1.807, 2.05) is 24.3 Å². The molecule has 1 aliphatic heterocycles. The minimum atomic E-state index is 0.187. The van der Waals surface area contributed by atoms with Gasteiger partial charge in [0.05, 0.1) is 45.4 Å². The maximum atomic E-state index is 5.94. The normalized spacial score (nSPS) is 16.5. The Balaban J connectivity index is 1.84. The molecule has 7 heteroatoms. The van der Waals surface area contributed by atoms with Crippen LogP contribution in [0.2, 0.25) is 0 Å². The summed E-state index contributed by atoms with van der Waals surface area (Å²) < 4.78 is 24.8. The summed E-state index contributed by atoms with van der Waals surface area (Å²) >= 11 is 1.62. The van der Waals surface area contributed by atoms with Gasteiger partial charge in [0.25, 0.3) is 0 Å². The van der Waals surface area contributed by atoms with Crippen LogP contribution in [-0.2, 0) is 11.3 Å². The average Bonchev–Trinajstić information content (AvgIpc) is 3.45. The summed E-state index contributed by atoms with van der Waals surface area (Å²) in [5, 5.41) is 2.13. The number of thiazole rings is 1. The molecule has 0 bridgehead atoms. The Hall–Kier alpha value is -2.77. The first-order chi connectivity index (χ1) is 15.1. The van der Waals surface area contributed by atoms with Gasteiger partial charge in [-0.1, -0.05) is 17.7 Å². The second-order valence-electron chi connectivity index (χ2n) is 7.51. The summed E-state index contributed by atoms with van der Waals surface area (Å²) in [5.41, 5.74) is 4.18. The van der Waals surface area contributed by atoms with Crippen molar-refractivity contribution in [3.63, 3.8) is 0 Å². The maximum Gasteiger partial charge on any atom is 0.203 e. The van der Waals surface area contributed by atoms with Crippen molar-refractivity contribution in [3.8, 4) is 28.5 Å². The van der Waals surface area contributed by atoms with Crippen LogP contribution < -0.4 is 19.0 Å². The smallest absolute Gasteiger partial charge is 0.203 e. The van der Waals surface area contributed by atoms with Gasteiger partial charge in [0.1, 0.15) is 0 Å². The summed E-state index contributed by atoms with van der Waals surface area (Å²) in [4.78, 5) is 5.86. The Morgan fingerprint density at radius 2 is 1.77 bits per heavy atom. The summed E-state index contributed by atoms with van der Waals surface area (Å²) in [6.45, 7) is 3.65. The lowest BCUT2D eigenvalue weighted by Crippen LogP contribution is -2.24. The largest absolute Gasteiger partial charge is 0.493 e. The van der Waals surface area contributed by atoms with Gasteiger partial charge in [0.2, 0.25) is 5.75 Å². The fourth-order valence-corrected chi connectivity index (χ4v) is 4.72. The predicted octanol–water partition coefficient (Wildman–Crippen LogP) is 4.96. The number of aromatic nitrogens is 1. The van der Waals surface area contributed by atoms with Crippen LogP contribution in [0.4, 0.5) is 5.69 Å². The van der Waals surface area contributed by atoms with Crippen molar-refractivity contribution in [2.45, 2.75) is 32.4 Å². The molecule has 31 heavy (non-hydrogen) atoms. The number of methoxy groups -OCH3 is 3. The van der Waals surface area contributed by atoms with Crippen LogP contribution in [0, 0.1) is 6.92 Å². The Bertz CT molecular complexity index is 1070. The average molecular weight is 441 g/mol. The van der Waals surface area contributed by atoms with E-state index in [4.69, 9.17) is 23.9 Å². The molecule has 2 heterocycles. The van der Waals surface area contributed by atoms with Crippen LogP contribution in [0.15, 0.2) is 46.8 Å². The highest BCUT2D eigenvalue weighted by Crippen LogP contribution is 2.41. The molecule has 1 aliphatic rings. The topological polar surface area (TPSA) is 54.2 Å². The van der Waals surface area contributed by atoms with Gasteiger partial charge >= 0.3 is 0 Å². The van der Waals surface area contributed by atoms with E-state index in [1.54, 1.807) is 32.7 Å². The number of ether oxygens (including phenoxy) is 4. The molecule has 1 aromatic heterocycles. The van der Waals surface area contributed by atoms with Crippen molar-refractivity contribution >= 4 is 17.0 Å². The van der Waals surface area contributed by atoms with Crippen LogP contribution in [0.5, 0.6) is 17.2 Å². The van der Waals surface area contributed by atoms with Gasteiger partial charge in [-0.2, -0.15) is 0 Å². The van der Waals surface area contributed by atoms with E-state index in [1.165, 1.54) is 5.56 Å². The number of hydrogen-bond donors (Lipinski definition) is 0. The summed E-state index contributed by atoms with van der Waals surface area (Å²) in [5.74, 6) is 1.84. The zero-order chi connectivity index (χ0) is 21.8. The van der Waals surface area contributed by atoms with Crippen LogP contribution in [-0.4, -0.2) is 38.6 Å². The Morgan fingerprint density at radius 1 is 1.06 bits per heavy atom. The van der Waals surface area contributed by atoms with E-state index < -0.39 is 0 Å². The van der Waals surface area contributed by atoms with E-state index in [9.17, 15) is 0 Å². The third kappa shape index (κ3) is 4.62. The highest BCUT2D eigenvalue weighted by molar-refractivity contribution is 7.07. The molecule has 0 saturated carbocycles. The molecule has 0 spiro atoms. The maximum absolute atomic E-state index is 5.94. The van der Waals surface area contributed by atoms with Crippen molar-refractivity contribution in [2.75, 3.05) is 27.9 Å². The van der Waals surface area contributed by atoms with Gasteiger partial charge < -0.3 is 23.5 Å². The zero-order valence-electron chi connectivity index (χ0n) is 18.4. The molecule has 4 rings (SSSR count). The van der Waals surface area contributed by atoms with Crippen LogP contribution in [0.25, 0.3) is 11.3 Å². The Morgan fingerprint density at radius 3 is 2.35 bits per heavy atom. The molecule has 2 aromatic carbocycles. The van der Waals surface area contributed by atoms with Crippen molar-refractivity contribution in [2.24, 2.45) is 4.99 Å². The molecule has 0 aliphatic carbocycles. The van der Waals surface area contributed by atoms with Crippen LogP contribution in [0.1, 0.15) is 18.4 Å². The van der Waals surface area contributed by atoms with E-state index in [0.29, 0.717) is 17.2 Å². The first kappa shape index (κ1) is 21.5. The first-order valence-corrected chi connectivity index (χ1v) is 11.2. The fraction of sp³-hybridized carbons (Fsp3) is 0.375. The van der Waals surface area contributed by atoms with Gasteiger partial charge in [-0.3, -0.25) is 0 Å². The second kappa shape index (κ2) is 9.58. The third-order valence-corrected chi connectivity index (χ3v) is 6.29. The summed E-state index contributed by atoms with van der Waals surface area (Å²) in [7, 11) is 4.88. The van der Waals surface area contributed by atoms with Crippen molar-refractivity contribution in [1.82, 2.24) is 4.57 Å². The molecule has 1 atom stereocenters. The minimum absolute atomic E-state index is 0.187. The van der Waals surface area contributed by atoms with Gasteiger partial charge in [-0.05, 0) is 44.0 Å². The number of aryl methyl sites for hydroxylation is 1. The number of nitrogens with zero attached hydrogens (tertiary/aromatic N) is 2. The molecule has 3 aromatic rings. The molecule has 0 radical (unpaired) electrons. The quantitative estimate of drug-likeness (QED) is 0.521. The van der Waals surface area contributed by atoms with Gasteiger partial charge in [0, 0.05) is 17.6 Å². The van der Waals surface area contributed by atoms with Gasteiger partial charge in [-0.15, -0.1) is 11.3 Å². The van der Waals surface area contributed by atoms with Gasteiger partial charge in [-0.25, -0.2) is 4.99 Å². The zero-order valence-corrected chi connectivity index (χ0v) is 19.2. The number of hydrogen-bond acceptors (Lipinski definition) is 6. The summed E-state index contributed by atoms with van der Waals surface area (Å²) in [6, 6.07) is 12.2. The van der Waals surface area contributed by atoms with Crippen LogP contribution in [0.3, 0.4) is 0 Å². The monoisotopic (exact) mass is 440 g/mol. The molecule has 6 nitrogen and oxygen atoms in total. The first-order valence-electron chi connectivity index (χ1n) is 10.3. The SMILES string of the molecule is COc1cc(-c2csc(=Nc3ccc(C)cc3)n2CC2CCCO2)cc(OC)c1OC. The lowest BCUT2D eigenvalue weighted by atomic mass is 10.1. The summed E-state index contributed by atoms with van der Waals surface area (Å²) in [6.07, 6.45) is 2.34. The minimum Gasteiger partial charge on any atom is -0.493 e. The molecule has 1 unspecified atom stereocenters. The molecular weight excluding hydrogens is 412 g/mol. The number of benzene rings is 2. The lowest BCUT2D eigenvalue weighted by molar-refractivity contribution is 0.0968. The second-order valence-corrected chi connectivity index (χ2v) is 8.35. The third-order valence-electron chi connectivity index (χ3n) is 5.43. The van der Waals surface area contributed by atoms with Crippen molar-refractivity contribution in [3.05, 3.63) is 52.1 Å². The van der Waals surface area contributed by atoms with E-state index in [-0.39, 0.29) is 6.10 Å². The highest BCUT2D eigenvalue weighted by Gasteiger charge is 2.21. The van der Waals surface area contributed by atoms with Crippen molar-refractivity contribution in [1.29, 1.82) is 0 Å². The molecule has 164 valence electrons.